The van der Waals surface area contributed by atoms with E-state index in [2.05, 4.69) is 13.8 Å². The lowest BCUT2D eigenvalue weighted by atomic mass is 10.1. The Morgan fingerprint density at radius 1 is 0.520 bits per heavy atom. The van der Waals surface area contributed by atoms with Crippen LogP contribution in [-0.2, 0) is 14.2 Å². The molecule has 1 atom stereocenters. The predicted molar refractivity (Wildman–Crippen MR) is 105 cm³/mol. The summed E-state index contributed by atoms with van der Waals surface area (Å²) in [6, 6.07) is 0. The summed E-state index contributed by atoms with van der Waals surface area (Å²) in [7, 11) is 0. The topological polar surface area (TPSA) is 47.9 Å². The summed E-state index contributed by atoms with van der Waals surface area (Å²) in [5.41, 5.74) is 0. The second kappa shape index (κ2) is 21.9. The van der Waals surface area contributed by atoms with E-state index in [1.54, 1.807) is 0 Å². The summed E-state index contributed by atoms with van der Waals surface area (Å²) in [6.07, 6.45) is 14.7. The maximum absolute atomic E-state index is 9.77. The fraction of sp³-hybridized carbons (Fsp3) is 1.00. The molecule has 0 aromatic carbocycles. The highest BCUT2D eigenvalue weighted by Crippen LogP contribution is 2.05. The maximum Gasteiger partial charge on any atom is 0.101 e. The lowest BCUT2D eigenvalue weighted by Gasteiger charge is -2.12. The first-order valence-corrected chi connectivity index (χ1v) is 10.7. The van der Waals surface area contributed by atoms with Crippen LogP contribution < -0.4 is 0 Å². The smallest absolute Gasteiger partial charge is 0.101 e. The normalized spacial score (nSPS) is 12.6. The Labute approximate surface area is 156 Å². The molecule has 4 nitrogen and oxygen atoms in total. The number of aliphatic hydroxyl groups excluding tert-OH is 1. The van der Waals surface area contributed by atoms with Gasteiger partial charge in [-0.3, -0.25) is 0 Å². The lowest BCUT2D eigenvalue weighted by molar-refractivity contribution is -0.0326. The third kappa shape index (κ3) is 21.8. The minimum Gasteiger partial charge on any atom is -0.388 e. The molecule has 0 rings (SSSR count). The highest BCUT2D eigenvalue weighted by Gasteiger charge is 2.04. The van der Waals surface area contributed by atoms with E-state index in [9.17, 15) is 5.11 Å². The third-order valence-corrected chi connectivity index (χ3v) is 4.28. The van der Waals surface area contributed by atoms with Crippen LogP contribution in [0.15, 0.2) is 0 Å². The Balaban J connectivity index is 3.11. The van der Waals surface area contributed by atoms with E-state index < -0.39 is 6.10 Å². The molecule has 0 aliphatic carbocycles. The van der Waals surface area contributed by atoms with Crippen LogP contribution in [0, 0.1) is 0 Å². The number of unbranched alkanes of at least 4 members (excludes halogenated alkanes) is 10. The van der Waals surface area contributed by atoms with Crippen LogP contribution in [0.1, 0.15) is 90.9 Å². The van der Waals surface area contributed by atoms with Crippen molar-refractivity contribution < 1.29 is 19.3 Å². The molecule has 0 aliphatic rings. The van der Waals surface area contributed by atoms with Gasteiger partial charge >= 0.3 is 0 Å². The largest absolute Gasteiger partial charge is 0.388 e. The maximum atomic E-state index is 9.77. The van der Waals surface area contributed by atoms with Gasteiger partial charge in [0.05, 0.1) is 26.4 Å². The molecule has 1 N–H and O–H groups in total. The minimum absolute atomic E-state index is 0.330. The first-order valence-electron chi connectivity index (χ1n) is 10.7. The molecular weight excluding hydrogens is 316 g/mol. The van der Waals surface area contributed by atoms with Crippen molar-refractivity contribution in [3.8, 4) is 0 Å². The van der Waals surface area contributed by atoms with E-state index in [1.807, 2.05) is 0 Å². The summed E-state index contributed by atoms with van der Waals surface area (Å²) < 4.78 is 16.5. The minimum atomic E-state index is -0.529. The van der Waals surface area contributed by atoms with Gasteiger partial charge in [0.25, 0.3) is 0 Å². The second-order valence-electron chi connectivity index (χ2n) is 6.95. The molecule has 0 aliphatic heterocycles. The highest BCUT2D eigenvalue weighted by atomic mass is 16.5. The number of hydrogen-bond donors (Lipinski definition) is 1. The second-order valence-corrected chi connectivity index (χ2v) is 6.95. The zero-order chi connectivity index (χ0) is 18.4. The summed E-state index contributed by atoms with van der Waals surface area (Å²) in [6.45, 7) is 7.88. The van der Waals surface area contributed by atoms with Crippen LogP contribution in [0.5, 0.6) is 0 Å². The van der Waals surface area contributed by atoms with Gasteiger partial charge in [-0.05, 0) is 12.8 Å². The van der Waals surface area contributed by atoms with Crippen LogP contribution in [0.3, 0.4) is 0 Å². The van der Waals surface area contributed by atoms with Gasteiger partial charge in [0.15, 0.2) is 0 Å². The van der Waals surface area contributed by atoms with Gasteiger partial charge in [-0.1, -0.05) is 78.1 Å². The van der Waals surface area contributed by atoms with Crippen LogP contribution in [0.25, 0.3) is 0 Å². The van der Waals surface area contributed by atoms with E-state index >= 15 is 0 Å². The van der Waals surface area contributed by atoms with Gasteiger partial charge < -0.3 is 19.3 Å². The Morgan fingerprint density at radius 3 is 1.48 bits per heavy atom. The average molecular weight is 361 g/mol. The molecule has 0 bridgehead atoms. The zero-order valence-electron chi connectivity index (χ0n) is 17.0. The Bertz CT molecular complexity index is 236. The molecule has 0 fully saturated rings. The van der Waals surface area contributed by atoms with Gasteiger partial charge in [0.1, 0.15) is 6.10 Å². The number of hydrogen-bond acceptors (Lipinski definition) is 4. The van der Waals surface area contributed by atoms with Crippen molar-refractivity contribution in [1.29, 1.82) is 0 Å². The summed E-state index contributed by atoms with van der Waals surface area (Å²) >= 11 is 0. The molecule has 0 heterocycles. The number of rotatable bonds is 21. The molecular formula is C21H44O4. The summed E-state index contributed by atoms with van der Waals surface area (Å²) in [5.74, 6) is 0. The van der Waals surface area contributed by atoms with Crippen molar-refractivity contribution in [2.45, 2.75) is 97.0 Å². The summed E-state index contributed by atoms with van der Waals surface area (Å²) in [4.78, 5) is 0. The quantitative estimate of drug-likeness (QED) is 0.289. The zero-order valence-corrected chi connectivity index (χ0v) is 17.0. The lowest BCUT2D eigenvalue weighted by Crippen LogP contribution is -2.23. The SMILES string of the molecule is CCCCCCCCOCCOCC(O)COCCCCCCCC. The van der Waals surface area contributed by atoms with E-state index in [0.29, 0.717) is 26.4 Å². The van der Waals surface area contributed by atoms with Crippen molar-refractivity contribution >= 4 is 0 Å². The van der Waals surface area contributed by atoms with Crippen molar-refractivity contribution in [1.82, 2.24) is 0 Å². The molecule has 0 aromatic rings. The Kier molecular flexibility index (Phi) is 21.7. The number of ether oxygens (including phenoxy) is 3. The molecule has 0 saturated heterocycles. The molecule has 0 aromatic heterocycles. The fourth-order valence-corrected chi connectivity index (χ4v) is 2.68. The van der Waals surface area contributed by atoms with Crippen LogP contribution in [0.2, 0.25) is 0 Å². The van der Waals surface area contributed by atoms with Crippen LogP contribution in [0.4, 0.5) is 0 Å². The van der Waals surface area contributed by atoms with Crippen molar-refractivity contribution in [3.63, 3.8) is 0 Å². The first kappa shape index (κ1) is 24.8. The van der Waals surface area contributed by atoms with Gasteiger partial charge in [0.2, 0.25) is 0 Å². The molecule has 0 radical (unpaired) electrons. The third-order valence-electron chi connectivity index (χ3n) is 4.28. The van der Waals surface area contributed by atoms with Gasteiger partial charge in [-0.25, -0.2) is 0 Å². The standard InChI is InChI=1S/C21H44O4/c1-3-5-7-9-11-13-15-23-17-18-25-20-21(22)19-24-16-14-12-10-8-6-4-2/h21-22H,3-20H2,1-2H3. The Morgan fingerprint density at radius 2 is 0.920 bits per heavy atom. The van der Waals surface area contributed by atoms with E-state index in [-0.39, 0.29) is 0 Å². The average Bonchev–Trinajstić information content (AvgIpc) is 2.62. The Hall–Kier alpha value is -0.160. The van der Waals surface area contributed by atoms with Gasteiger partial charge in [0, 0.05) is 13.2 Å². The molecule has 0 amide bonds. The van der Waals surface area contributed by atoms with Crippen molar-refractivity contribution in [2.75, 3.05) is 39.6 Å². The molecule has 0 saturated carbocycles. The number of aliphatic hydroxyl groups is 1. The first-order chi connectivity index (χ1) is 12.3. The van der Waals surface area contributed by atoms with E-state index in [0.717, 1.165) is 26.1 Å². The molecule has 25 heavy (non-hydrogen) atoms. The van der Waals surface area contributed by atoms with E-state index in [1.165, 1.54) is 64.2 Å². The molecule has 152 valence electrons. The summed E-state index contributed by atoms with van der Waals surface area (Å²) in [5, 5.41) is 9.77. The molecule has 0 spiro atoms. The van der Waals surface area contributed by atoms with E-state index in [4.69, 9.17) is 14.2 Å². The monoisotopic (exact) mass is 360 g/mol. The predicted octanol–water partition coefficient (Wildman–Crippen LogP) is 5.12. The van der Waals surface area contributed by atoms with Crippen molar-refractivity contribution in [2.24, 2.45) is 0 Å². The fourth-order valence-electron chi connectivity index (χ4n) is 2.68. The molecule has 4 heteroatoms. The van der Waals surface area contributed by atoms with Gasteiger partial charge in [-0.15, -0.1) is 0 Å². The molecule has 1 unspecified atom stereocenters. The van der Waals surface area contributed by atoms with Crippen LogP contribution >= 0.6 is 0 Å². The van der Waals surface area contributed by atoms with Crippen LogP contribution in [-0.4, -0.2) is 50.9 Å². The highest BCUT2D eigenvalue weighted by molar-refractivity contribution is 4.52. The van der Waals surface area contributed by atoms with Crippen molar-refractivity contribution in [3.05, 3.63) is 0 Å². The van der Waals surface area contributed by atoms with Gasteiger partial charge in [-0.2, -0.15) is 0 Å².